The fourth-order valence-electron chi connectivity index (χ4n) is 2.97. The van der Waals surface area contributed by atoms with E-state index in [9.17, 15) is 9.59 Å². The average molecular weight is 369 g/mol. The van der Waals surface area contributed by atoms with Crippen LogP contribution in [0, 0.1) is 0 Å². The Morgan fingerprint density at radius 1 is 1.07 bits per heavy atom. The molecule has 1 aromatic heterocycles. The van der Waals surface area contributed by atoms with Crippen molar-refractivity contribution in [3.63, 3.8) is 0 Å². The molecule has 2 aromatic rings. The number of carbonyl (C=O) groups excluding carboxylic acids is 2. The summed E-state index contributed by atoms with van der Waals surface area (Å²) < 4.78 is 11.0. The minimum Gasteiger partial charge on any atom is -0.486 e. The molecule has 27 heavy (non-hydrogen) atoms. The average Bonchev–Trinajstić information content (AvgIpc) is 2.74. The van der Waals surface area contributed by atoms with E-state index in [0.717, 1.165) is 6.41 Å². The number of nitrogens with zero attached hydrogens (tertiary/aromatic N) is 4. The number of amides is 2. The van der Waals surface area contributed by atoms with Gasteiger partial charge in [0.25, 0.3) is 5.91 Å². The van der Waals surface area contributed by atoms with Gasteiger partial charge in [0.15, 0.2) is 11.5 Å². The van der Waals surface area contributed by atoms with E-state index in [0.29, 0.717) is 62.5 Å². The molecule has 4 rings (SSSR count). The van der Waals surface area contributed by atoms with Gasteiger partial charge in [0.2, 0.25) is 12.4 Å². The predicted molar refractivity (Wildman–Crippen MR) is 97.3 cm³/mol. The van der Waals surface area contributed by atoms with Crippen LogP contribution >= 0.6 is 0 Å². The Labute approximate surface area is 155 Å². The summed E-state index contributed by atoms with van der Waals surface area (Å²) in [5.74, 6) is 1.42. The molecule has 9 heteroatoms. The Bertz CT molecular complexity index is 851. The molecule has 2 aliphatic heterocycles. The van der Waals surface area contributed by atoms with Gasteiger partial charge < -0.3 is 24.6 Å². The van der Waals surface area contributed by atoms with E-state index in [-0.39, 0.29) is 11.6 Å². The zero-order valence-electron chi connectivity index (χ0n) is 14.6. The van der Waals surface area contributed by atoms with Crippen LogP contribution in [0.15, 0.2) is 30.5 Å². The molecule has 0 atom stereocenters. The van der Waals surface area contributed by atoms with Gasteiger partial charge in [0.1, 0.15) is 18.9 Å². The molecule has 3 heterocycles. The molecule has 1 N–H and O–H groups in total. The largest absolute Gasteiger partial charge is 0.486 e. The quantitative estimate of drug-likeness (QED) is 0.796. The molecule has 0 spiro atoms. The molecule has 0 bridgehead atoms. The third-order valence-electron chi connectivity index (χ3n) is 4.42. The van der Waals surface area contributed by atoms with Gasteiger partial charge in [-0.2, -0.15) is 0 Å². The number of fused-ring (bicyclic) bond motifs is 1. The summed E-state index contributed by atoms with van der Waals surface area (Å²) in [7, 11) is 0. The number of aromatic nitrogens is 2. The Hall–Kier alpha value is -3.36. The molecule has 0 aliphatic carbocycles. The molecule has 2 amide bonds. The summed E-state index contributed by atoms with van der Waals surface area (Å²) in [6.07, 6.45) is 2.41. The Kier molecular flexibility index (Phi) is 4.73. The second kappa shape index (κ2) is 7.48. The maximum Gasteiger partial charge on any atom is 0.274 e. The Morgan fingerprint density at radius 2 is 1.85 bits per heavy atom. The smallest absolute Gasteiger partial charge is 0.274 e. The van der Waals surface area contributed by atoms with Crippen LogP contribution in [0.3, 0.4) is 0 Å². The summed E-state index contributed by atoms with van der Waals surface area (Å²) in [4.78, 5) is 35.7. The number of benzene rings is 1. The van der Waals surface area contributed by atoms with E-state index >= 15 is 0 Å². The van der Waals surface area contributed by atoms with Crippen molar-refractivity contribution in [2.45, 2.75) is 0 Å². The van der Waals surface area contributed by atoms with Gasteiger partial charge in [-0.05, 0) is 18.2 Å². The van der Waals surface area contributed by atoms with Crippen molar-refractivity contribution < 1.29 is 19.1 Å². The van der Waals surface area contributed by atoms with Crippen LogP contribution < -0.4 is 19.7 Å². The SMILES string of the molecule is O=CN1CCN(c2nccc(C(=O)Nc3ccc4c(c3)OCCO4)n2)CC1. The number of ether oxygens (including phenoxy) is 2. The van der Waals surface area contributed by atoms with Gasteiger partial charge in [-0.25, -0.2) is 9.97 Å². The number of nitrogens with one attached hydrogen (secondary N) is 1. The fraction of sp³-hybridized carbons (Fsp3) is 0.333. The van der Waals surface area contributed by atoms with Gasteiger partial charge in [-0.3, -0.25) is 9.59 Å². The van der Waals surface area contributed by atoms with Crippen molar-refractivity contribution >= 4 is 24.0 Å². The third kappa shape index (κ3) is 3.76. The van der Waals surface area contributed by atoms with E-state index in [2.05, 4.69) is 15.3 Å². The normalized spacial score (nSPS) is 16.0. The lowest BCUT2D eigenvalue weighted by Crippen LogP contribution is -2.46. The van der Waals surface area contributed by atoms with Crippen LogP contribution in [0.2, 0.25) is 0 Å². The molecule has 140 valence electrons. The highest BCUT2D eigenvalue weighted by molar-refractivity contribution is 6.03. The van der Waals surface area contributed by atoms with Crippen molar-refractivity contribution in [2.24, 2.45) is 0 Å². The topological polar surface area (TPSA) is 96.9 Å². The molecule has 1 aromatic carbocycles. The second-order valence-corrected chi connectivity index (χ2v) is 6.18. The molecule has 2 aliphatic rings. The lowest BCUT2D eigenvalue weighted by molar-refractivity contribution is -0.118. The van der Waals surface area contributed by atoms with Gasteiger partial charge >= 0.3 is 0 Å². The molecule has 0 radical (unpaired) electrons. The Balaban J connectivity index is 1.45. The lowest BCUT2D eigenvalue weighted by atomic mass is 10.2. The summed E-state index contributed by atoms with van der Waals surface area (Å²) in [6.45, 7) is 3.49. The van der Waals surface area contributed by atoms with Crippen LogP contribution in [-0.4, -0.2) is 66.6 Å². The Morgan fingerprint density at radius 3 is 2.63 bits per heavy atom. The number of hydrogen-bond acceptors (Lipinski definition) is 7. The van der Waals surface area contributed by atoms with Crippen LogP contribution in [0.25, 0.3) is 0 Å². The first-order valence-corrected chi connectivity index (χ1v) is 8.71. The predicted octanol–water partition coefficient (Wildman–Crippen LogP) is 0.778. The lowest BCUT2D eigenvalue weighted by Gasteiger charge is -2.32. The van der Waals surface area contributed by atoms with Crippen molar-refractivity contribution in [3.05, 3.63) is 36.2 Å². The van der Waals surface area contributed by atoms with Crippen LogP contribution in [0.5, 0.6) is 11.5 Å². The van der Waals surface area contributed by atoms with E-state index < -0.39 is 0 Å². The molecular formula is C18H19N5O4. The number of piperazine rings is 1. The van der Waals surface area contributed by atoms with Crippen LogP contribution in [0.4, 0.5) is 11.6 Å². The van der Waals surface area contributed by atoms with Crippen LogP contribution in [-0.2, 0) is 4.79 Å². The highest BCUT2D eigenvalue weighted by Gasteiger charge is 2.19. The minimum absolute atomic E-state index is 0.271. The van der Waals surface area contributed by atoms with E-state index in [4.69, 9.17) is 9.47 Å². The minimum atomic E-state index is -0.332. The summed E-state index contributed by atoms with van der Waals surface area (Å²) in [6, 6.07) is 6.82. The highest BCUT2D eigenvalue weighted by Crippen LogP contribution is 2.32. The van der Waals surface area contributed by atoms with Gasteiger partial charge in [-0.1, -0.05) is 0 Å². The van der Waals surface area contributed by atoms with Gasteiger partial charge in [-0.15, -0.1) is 0 Å². The van der Waals surface area contributed by atoms with E-state index in [1.54, 1.807) is 35.4 Å². The van der Waals surface area contributed by atoms with Crippen LogP contribution in [0.1, 0.15) is 10.5 Å². The van der Waals surface area contributed by atoms with E-state index in [1.165, 1.54) is 0 Å². The van der Waals surface area contributed by atoms with Crippen molar-refractivity contribution in [1.29, 1.82) is 0 Å². The maximum absolute atomic E-state index is 12.6. The number of anilines is 2. The first kappa shape index (κ1) is 17.1. The standard InChI is InChI=1S/C18H19N5O4/c24-12-22-5-7-23(8-6-22)18-19-4-3-14(21-18)17(25)20-13-1-2-15-16(11-13)27-10-9-26-15/h1-4,11-12H,5-10H2,(H,20,25). The molecule has 0 unspecified atom stereocenters. The molecule has 1 fully saturated rings. The first-order valence-electron chi connectivity index (χ1n) is 8.71. The zero-order chi connectivity index (χ0) is 18.6. The molecule has 9 nitrogen and oxygen atoms in total. The zero-order valence-corrected chi connectivity index (χ0v) is 14.6. The molecular weight excluding hydrogens is 350 g/mol. The first-order chi connectivity index (χ1) is 13.2. The summed E-state index contributed by atoms with van der Waals surface area (Å²) in [5.41, 5.74) is 0.872. The van der Waals surface area contributed by atoms with Gasteiger partial charge in [0, 0.05) is 44.1 Å². The fourth-order valence-corrected chi connectivity index (χ4v) is 2.97. The maximum atomic E-state index is 12.6. The molecule has 1 saturated heterocycles. The molecule has 0 saturated carbocycles. The monoisotopic (exact) mass is 369 g/mol. The van der Waals surface area contributed by atoms with Crippen molar-refractivity contribution in [2.75, 3.05) is 49.6 Å². The summed E-state index contributed by atoms with van der Waals surface area (Å²) >= 11 is 0. The number of carbonyl (C=O) groups is 2. The summed E-state index contributed by atoms with van der Waals surface area (Å²) in [5, 5.41) is 2.82. The third-order valence-corrected chi connectivity index (χ3v) is 4.42. The highest BCUT2D eigenvalue weighted by atomic mass is 16.6. The number of hydrogen-bond donors (Lipinski definition) is 1. The van der Waals surface area contributed by atoms with E-state index in [1.807, 2.05) is 4.90 Å². The second-order valence-electron chi connectivity index (χ2n) is 6.18. The number of rotatable bonds is 4. The van der Waals surface area contributed by atoms with Gasteiger partial charge in [0.05, 0.1) is 0 Å². The van der Waals surface area contributed by atoms with Crippen molar-refractivity contribution in [1.82, 2.24) is 14.9 Å². The van der Waals surface area contributed by atoms with Crippen molar-refractivity contribution in [3.8, 4) is 11.5 Å².